The largest absolute Gasteiger partial charge is 0.379 e. The van der Waals surface area contributed by atoms with Gasteiger partial charge in [0.25, 0.3) is 0 Å². The van der Waals surface area contributed by atoms with Crippen LogP contribution in [-0.4, -0.2) is 65.3 Å². The van der Waals surface area contributed by atoms with Crippen molar-refractivity contribution in [1.29, 1.82) is 0 Å². The van der Waals surface area contributed by atoms with E-state index in [2.05, 4.69) is 70.1 Å². The number of benzene rings is 1. The summed E-state index contributed by atoms with van der Waals surface area (Å²) in [5.74, 6) is 0.858. The predicted molar refractivity (Wildman–Crippen MR) is 132 cm³/mol. The van der Waals surface area contributed by atoms with Crippen molar-refractivity contribution in [3.63, 3.8) is 0 Å². The molecule has 1 saturated heterocycles. The zero-order valence-corrected chi connectivity index (χ0v) is 20.6. The molecule has 1 aromatic carbocycles. The fourth-order valence-electron chi connectivity index (χ4n) is 3.43. The Morgan fingerprint density at radius 3 is 2.47 bits per heavy atom. The molecule has 2 aromatic rings. The Kier molecular flexibility index (Phi) is 10.1. The second kappa shape index (κ2) is 12.3. The maximum absolute atomic E-state index is 5.48. The third-order valence-electron chi connectivity index (χ3n) is 5.27. The van der Waals surface area contributed by atoms with E-state index in [0.717, 1.165) is 51.9 Å². The van der Waals surface area contributed by atoms with Gasteiger partial charge in [-0.15, -0.1) is 24.0 Å². The Hall–Kier alpha value is -1.65. The Morgan fingerprint density at radius 2 is 1.83 bits per heavy atom. The Balaban J connectivity index is 0.00000320. The van der Waals surface area contributed by atoms with Crippen molar-refractivity contribution >= 4 is 29.9 Å². The Bertz CT molecular complexity index is 754. The molecule has 0 unspecified atom stereocenters. The molecule has 1 aliphatic heterocycles. The fraction of sp³-hybridized carbons (Fsp3) is 0.545. The third-order valence-corrected chi connectivity index (χ3v) is 5.27. The minimum Gasteiger partial charge on any atom is -0.379 e. The van der Waals surface area contributed by atoms with Crippen molar-refractivity contribution in [1.82, 2.24) is 25.1 Å². The number of hydrogen-bond acceptors (Lipinski definition) is 4. The first-order valence-corrected chi connectivity index (χ1v) is 10.5. The van der Waals surface area contributed by atoms with Crippen LogP contribution in [0.15, 0.2) is 48.0 Å². The van der Waals surface area contributed by atoms with Gasteiger partial charge in [-0.05, 0) is 31.9 Å². The van der Waals surface area contributed by atoms with Gasteiger partial charge in [0.15, 0.2) is 5.96 Å². The molecule has 3 rings (SSSR count). The van der Waals surface area contributed by atoms with Crippen molar-refractivity contribution in [2.24, 2.45) is 4.99 Å². The van der Waals surface area contributed by atoms with Crippen LogP contribution >= 0.6 is 24.0 Å². The van der Waals surface area contributed by atoms with E-state index in [4.69, 9.17) is 9.73 Å². The maximum Gasteiger partial charge on any atom is 0.191 e. The Labute approximate surface area is 197 Å². The van der Waals surface area contributed by atoms with Crippen LogP contribution in [0.1, 0.15) is 31.9 Å². The highest BCUT2D eigenvalue weighted by atomic mass is 127. The lowest BCUT2D eigenvalue weighted by Crippen LogP contribution is -2.56. The molecular weight excluding hydrogens is 491 g/mol. The number of rotatable bonds is 8. The van der Waals surface area contributed by atoms with Crippen molar-refractivity contribution in [3.8, 4) is 0 Å². The molecule has 8 heteroatoms. The van der Waals surface area contributed by atoms with Gasteiger partial charge < -0.3 is 19.9 Å². The van der Waals surface area contributed by atoms with Crippen LogP contribution in [0, 0.1) is 0 Å². The number of ether oxygens (including phenoxy) is 1. The molecule has 0 spiro atoms. The summed E-state index contributed by atoms with van der Waals surface area (Å²) in [6.07, 6.45) is 5.62. The standard InChI is InChI=1S/C22H34N6O.HI/c1-4-24-21(26-17-22(2,3)28-11-13-29-14-12-28)25-15-19-5-7-20(8-6-19)16-27-10-9-23-18-27;/h5-10,18H,4,11-17H2,1-3H3,(H2,24,25,26);1H. The average Bonchev–Trinajstić information content (AvgIpc) is 3.25. The first kappa shape index (κ1) is 24.6. The summed E-state index contributed by atoms with van der Waals surface area (Å²) in [4.78, 5) is 11.3. The van der Waals surface area contributed by atoms with Crippen molar-refractivity contribution in [3.05, 3.63) is 54.1 Å². The van der Waals surface area contributed by atoms with Gasteiger partial charge in [-0.1, -0.05) is 24.3 Å². The second-order valence-corrected chi connectivity index (χ2v) is 8.01. The highest BCUT2D eigenvalue weighted by Crippen LogP contribution is 2.15. The summed E-state index contributed by atoms with van der Waals surface area (Å²) >= 11 is 0. The van der Waals surface area contributed by atoms with Crippen molar-refractivity contribution < 1.29 is 4.74 Å². The Morgan fingerprint density at radius 1 is 1.13 bits per heavy atom. The summed E-state index contributed by atoms with van der Waals surface area (Å²) in [5.41, 5.74) is 2.51. The van der Waals surface area contributed by atoms with E-state index >= 15 is 0 Å². The second-order valence-electron chi connectivity index (χ2n) is 8.01. The number of halogens is 1. The number of morpholine rings is 1. The number of guanidine groups is 1. The van der Waals surface area contributed by atoms with E-state index in [9.17, 15) is 0 Å². The van der Waals surface area contributed by atoms with Crippen molar-refractivity contribution in [2.75, 3.05) is 39.4 Å². The van der Waals surface area contributed by atoms with Gasteiger partial charge >= 0.3 is 0 Å². The van der Waals surface area contributed by atoms with Gasteiger partial charge in [0.05, 0.1) is 26.1 Å². The minimum atomic E-state index is 0. The van der Waals surface area contributed by atoms with E-state index in [1.807, 2.05) is 12.5 Å². The van der Waals surface area contributed by atoms with E-state index in [1.54, 1.807) is 6.20 Å². The van der Waals surface area contributed by atoms with Gasteiger partial charge in [0.2, 0.25) is 0 Å². The van der Waals surface area contributed by atoms with Crippen LogP contribution in [0.2, 0.25) is 0 Å². The van der Waals surface area contributed by atoms with E-state index in [0.29, 0.717) is 6.54 Å². The molecule has 0 amide bonds. The van der Waals surface area contributed by atoms with E-state index in [1.165, 1.54) is 11.1 Å². The topological polar surface area (TPSA) is 66.7 Å². The highest BCUT2D eigenvalue weighted by Gasteiger charge is 2.28. The lowest BCUT2D eigenvalue weighted by Gasteiger charge is -2.41. The SMILES string of the molecule is CCNC(=NCc1ccc(Cn2ccnc2)cc1)NCC(C)(C)N1CCOCC1.I. The van der Waals surface area contributed by atoms with Gasteiger partial charge in [-0.2, -0.15) is 0 Å². The monoisotopic (exact) mass is 526 g/mol. The minimum absolute atomic E-state index is 0. The van der Waals surface area contributed by atoms with Crippen molar-refractivity contribution in [2.45, 2.75) is 39.4 Å². The summed E-state index contributed by atoms with van der Waals surface area (Å²) in [6, 6.07) is 8.62. The number of nitrogens with one attached hydrogen (secondary N) is 2. The zero-order valence-electron chi connectivity index (χ0n) is 18.3. The number of hydrogen-bond donors (Lipinski definition) is 2. The molecule has 2 N–H and O–H groups in total. The highest BCUT2D eigenvalue weighted by molar-refractivity contribution is 14.0. The first-order valence-electron chi connectivity index (χ1n) is 10.5. The van der Waals surface area contributed by atoms with Crippen LogP contribution in [-0.2, 0) is 17.8 Å². The van der Waals surface area contributed by atoms with Crippen LogP contribution in [0.5, 0.6) is 0 Å². The van der Waals surface area contributed by atoms with Gasteiger partial charge in [0, 0.05) is 50.7 Å². The molecule has 166 valence electrons. The van der Waals surface area contributed by atoms with Crippen LogP contribution < -0.4 is 10.6 Å². The molecule has 0 saturated carbocycles. The molecule has 7 nitrogen and oxygen atoms in total. The zero-order chi connectivity index (χ0) is 20.5. The van der Waals surface area contributed by atoms with Gasteiger partial charge in [0.1, 0.15) is 0 Å². The number of aliphatic imine (C=N–C) groups is 1. The molecule has 30 heavy (non-hydrogen) atoms. The van der Waals surface area contributed by atoms with Crippen LogP contribution in [0.3, 0.4) is 0 Å². The maximum atomic E-state index is 5.48. The molecule has 0 bridgehead atoms. The molecule has 0 atom stereocenters. The van der Waals surface area contributed by atoms with Gasteiger partial charge in [-0.3, -0.25) is 4.90 Å². The summed E-state index contributed by atoms with van der Waals surface area (Å²) in [5, 5.41) is 6.87. The number of nitrogens with zero attached hydrogens (tertiary/aromatic N) is 4. The summed E-state index contributed by atoms with van der Waals surface area (Å²) in [6.45, 7) is 13.4. The quantitative estimate of drug-likeness (QED) is 0.315. The normalized spacial score (nSPS) is 15.5. The summed E-state index contributed by atoms with van der Waals surface area (Å²) < 4.78 is 7.55. The lowest BCUT2D eigenvalue weighted by atomic mass is 10.0. The average molecular weight is 526 g/mol. The smallest absolute Gasteiger partial charge is 0.191 e. The van der Waals surface area contributed by atoms with E-state index < -0.39 is 0 Å². The molecule has 1 fully saturated rings. The molecule has 0 radical (unpaired) electrons. The van der Waals surface area contributed by atoms with Crippen LogP contribution in [0.4, 0.5) is 0 Å². The molecule has 1 aliphatic rings. The third kappa shape index (κ3) is 7.55. The van der Waals surface area contributed by atoms with Gasteiger partial charge in [-0.25, -0.2) is 9.98 Å². The predicted octanol–water partition coefficient (Wildman–Crippen LogP) is 2.72. The molecular formula is C22H35IN6O. The summed E-state index contributed by atoms with van der Waals surface area (Å²) in [7, 11) is 0. The fourth-order valence-corrected chi connectivity index (χ4v) is 3.43. The number of aromatic nitrogens is 2. The van der Waals surface area contributed by atoms with Crippen LogP contribution in [0.25, 0.3) is 0 Å². The molecule has 2 heterocycles. The van der Waals surface area contributed by atoms with E-state index in [-0.39, 0.29) is 29.5 Å². The first-order chi connectivity index (χ1) is 14.1. The number of imidazole rings is 1. The lowest BCUT2D eigenvalue weighted by molar-refractivity contribution is -0.00834. The molecule has 1 aromatic heterocycles. The molecule has 0 aliphatic carbocycles.